The average Bonchev–Trinajstić information content (AvgIpc) is 0.684. The fourth-order valence-corrected chi connectivity index (χ4v) is 32.7. The minimum Gasteiger partial charge on any atom is -0.317 e. The van der Waals surface area contributed by atoms with Crippen molar-refractivity contribution < 1.29 is 0 Å². The molecule has 12 aliphatic carbocycles. The van der Waals surface area contributed by atoms with Crippen LogP contribution in [0.2, 0.25) is 0 Å². The van der Waals surface area contributed by atoms with Gasteiger partial charge in [0, 0.05) is 72.5 Å². The van der Waals surface area contributed by atoms with Crippen molar-refractivity contribution in [2.45, 2.75) is 565 Å². The molecule has 670 valence electrons. The van der Waals surface area contributed by atoms with Crippen molar-refractivity contribution in [1.29, 1.82) is 0 Å². The highest BCUT2D eigenvalue weighted by atomic mass is 15.3. The van der Waals surface area contributed by atoms with Crippen molar-refractivity contribution in [2.75, 3.05) is 26.2 Å². The Hall–Kier alpha value is -0.240. The summed E-state index contributed by atoms with van der Waals surface area (Å²) < 4.78 is 0. The maximum Gasteiger partial charge on any atom is 0.0150 e. The number of hydrogen-bond acceptors (Lipinski definition) is 6. The minimum absolute atomic E-state index is 0.764. The number of unbranched alkanes of at least 4 members (excludes halogenated alkanes) is 20. The Kier molecular flexibility index (Phi) is 38.1. The highest BCUT2D eigenvalue weighted by Crippen LogP contribution is 2.69. The minimum atomic E-state index is 0.764. The lowest BCUT2D eigenvalue weighted by molar-refractivity contribution is -0.234. The van der Waals surface area contributed by atoms with Crippen molar-refractivity contribution in [3.05, 3.63) is 0 Å². The van der Waals surface area contributed by atoms with Crippen molar-refractivity contribution >= 4 is 0 Å². The Balaban J connectivity index is 0.927. The van der Waals surface area contributed by atoms with Crippen molar-refractivity contribution in [3.8, 4) is 0 Å². The van der Waals surface area contributed by atoms with Crippen LogP contribution in [0, 0.1) is 107 Å². The largest absolute Gasteiger partial charge is 0.317 e. The molecular formula is C110H200N6. The van der Waals surface area contributed by atoms with Gasteiger partial charge in [-0.25, -0.2) is 0 Å². The Labute approximate surface area is 723 Å². The molecular weight excluding hydrogens is 1410 g/mol. The molecule has 14 fully saturated rings. The van der Waals surface area contributed by atoms with Crippen LogP contribution in [-0.2, 0) is 0 Å². The van der Waals surface area contributed by atoms with E-state index >= 15 is 0 Å². The SMILES string of the molecule is CCCCCCCCC1CCC(N(C2CCC(C)CC2)C2CC(N(C3CCC(C)CC3)C3CCC(CCCCCCCC)CC3)C3C(C4CCNCC4)CC4C5C3C2CC(C2CCNCC2)C5C(N(C2CCC(C)CC2)C2CCC(CCCCCCCC)CC2)CC4N(C2CCC(C)CC2)C2CCC(CCCCCCCC)CC2)CC1. The first kappa shape index (κ1) is 92.0. The molecule has 0 aromatic rings. The van der Waals surface area contributed by atoms with E-state index in [1.165, 1.54) is 386 Å². The Morgan fingerprint density at radius 3 is 0.638 bits per heavy atom. The van der Waals surface area contributed by atoms with Gasteiger partial charge >= 0.3 is 0 Å². The number of nitrogens with zero attached hydrogens (tertiary/aromatic N) is 4. The van der Waals surface area contributed by atoms with Gasteiger partial charge < -0.3 is 10.6 Å². The summed E-state index contributed by atoms with van der Waals surface area (Å²) in [5, 5.41) is 8.32. The van der Waals surface area contributed by atoms with E-state index in [1.54, 1.807) is 77.0 Å². The molecule has 2 saturated heterocycles. The second-order valence-electron chi connectivity index (χ2n) is 46.7. The van der Waals surface area contributed by atoms with Crippen LogP contribution in [0.1, 0.15) is 492 Å². The van der Waals surface area contributed by atoms with Crippen molar-refractivity contribution in [1.82, 2.24) is 30.2 Å². The number of nitrogens with one attached hydrogen (secondary N) is 2. The fraction of sp³-hybridized carbons (Fsp3) is 1.00. The molecule has 6 nitrogen and oxygen atoms in total. The first-order valence-electron chi connectivity index (χ1n) is 55.6. The lowest BCUT2D eigenvalue weighted by atomic mass is 9.38. The van der Waals surface area contributed by atoms with Crippen LogP contribution < -0.4 is 10.6 Å². The van der Waals surface area contributed by atoms with E-state index in [4.69, 9.17) is 0 Å². The van der Waals surface area contributed by atoms with E-state index in [0.717, 1.165) is 179 Å². The van der Waals surface area contributed by atoms with Crippen LogP contribution in [0.5, 0.6) is 0 Å². The lowest BCUT2D eigenvalue weighted by Crippen LogP contribution is -2.75. The van der Waals surface area contributed by atoms with Crippen molar-refractivity contribution in [3.63, 3.8) is 0 Å². The smallest absolute Gasteiger partial charge is 0.0150 e. The van der Waals surface area contributed by atoms with Crippen LogP contribution in [0.3, 0.4) is 0 Å². The van der Waals surface area contributed by atoms with Crippen LogP contribution in [0.25, 0.3) is 0 Å². The molecule has 0 bridgehead atoms. The summed E-state index contributed by atoms with van der Waals surface area (Å²) in [6.45, 7) is 25.6. The van der Waals surface area contributed by atoms with Crippen molar-refractivity contribution in [2.24, 2.45) is 107 Å². The van der Waals surface area contributed by atoms with E-state index in [-0.39, 0.29) is 0 Å². The quantitative estimate of drug-likeness (QED) is 0.0594. The molecule has 0 aromatic heterocycles. The third kappa shape index (κ3) is 24.3. The Morgan fingerprint density at radius 2 is 0.405 bits per heavy atom. The molecule has 0 radical (unpaired) electrons. The first-order valence-corrected chi connectivity index (χ1v) is 55.6. The predicted molar refractivity (Wildman–Crippen MR) is 501 cm³/mol. The van der Waals surface area contributed by atoms with E-state index in [0.29, 0.717) is 0 Å². The number of piperidine rings is 2. The van der Waals surface area contributed by atoms with Gasteiger partial charge in [-0.1, -0.05) is 235 Å². The summed E-state index contributed by atoms with van der Waals surface area (Å²) in [6.07, 6.45) is 102. The first-order chi connectivity index (χ1) is 57.1. The molecule has 14 rings (SSSR count). The van der Waals surface area contributed by atoms with E-state index < -0.39 is 0 Å². The summed E-state index contributed by atoms with van der Waals surface area (Å²) in [5.41, 5.74) is 0. The van der Waals surface area contributed by atoms with Gasteiger partial charge in [0.2, 0.25) is 0 Å². The predicted octanol–water partition coefficient (Wildman–Crippen LogP) is 29.8. The van der Waals surface area contributed by atoms with E-state index in [1.807, 2.05) is 0 Å². The molecule has 12 saturated carbocycles. The molecule has 2 aliphatic heterocycles. The van der Waals surface area contributed by atoms with Crippen LogP contribution in [0.15, 0.2) is 0 Å². The molecule has 14 aliphatic rings. The van der Waals surface area contributed by atoms with Gasteiger partial charge in [-0.2, -0.15) is 0 Å². The zero-order valence-electron chi connectivity index (χ0n) is 79.0. The van der Waals surface area contributed by atoms with E-state index in [2.05, 4.69) is 85.6 Å². The van der Waals surface area contributed by atoms with Gasteiger partial charge in [-0.15, -0.1) is 0 Å². The summed E-state index contributed by atoms with van der Waals surface area (Å²) in [5.74, 6) is 16.4. The normalized spacial score (nSPS) is 40.6. The zero-order chi connectivity index (χ0) is 80.0. The molecule has 6 heteroatoms. The Morgan fingerprint density at radius 1 is 0.198 bits per heavy atom. The molecule has 116 heavy (non-hydrogen) atoms. The summed E-state index contributed by atoms with van der Waals surface area (Å²) in [7, 11) is 0. The second-order valence-corrected chi connectivity index (χ2v) is 46.7. The third-order valence-corrected chi connectivity index (χ3v) is 39.2. The average molecular weight is 1610 g/mol. The number of hydrogen-bond donors (Lipinski definition) is 2. The molecule has 12 unspecified atom stereocenters. The van der Waals surface area contributed by atoms with Gasteiger partial charge in [0.25, 0.3) is 0 Å². The monoisotopic (exact) mass is 1610 g/mol. The number of rotatable bonds is 42. The standard InChI is InChI=1S/C110H200N6/c1-9-13-17-21-25-29-33-85-45-61-95(62-46-85)113(91-53-37-81(5)38-54-91)103-79-105(115(93-57-41-83(7)42-58-93)97-65-49-87(50-66-97)35-31-27-23-19-15-11-3)107-100(90-71-75-112-76-72-90)78-102-104(114(92-55-39-82(6)40-56-92)96-63-47-86(48-64-96)34-30-26-22-18-14-10-2)80-106(108-99(89-69-73-111-74-70-89)77-101(103)109(107)110(102)108)116(94-59-43-84(8)44-60-94)98-67-51-88(52-68-98)36-32-28-24-20-16-12-4/h81-112H,9-80H2,1-8H3. The van der Waals surface area contributed by atoms with Gasteiger partial charge in [0.15, 0.2) is 0 Å². The fourth-order valence-electron chi connectivity index (χ4n) is 32.7. The van der Waals surface area contributed by atoms with E-state index in [9.17, 15) is 0 Å². The molecule has 2 heterocycles. The topological polar surface area (TPSA) is 37.0 Å². The molecule has 0 amide bonds. The van der Waals surface area contributed by atoms with Crippen LogP contribution in [0.4, 0.5) is 0 Å². The highest BCUT2D eigenvalue weighted by molar-refractivity contribution is 5.21. The molecule has 0 aromatic carbocycles. The molecule has 2 N–H and O–H groups in total. The van der Waals surface area contributed by atoms with Crippen LogP contribution in [-0.4, -0.2) is 118 Å². The lowest BCUT2D eigenvalue weighted by Gasteiger charge is -2.73. The third-order valence-electron chi connectivity index (χ3n) is 39.2. The molecule has 0 spiro atoms. The summed E-state index contributed by atoms with van der Waals surface area (Å²) in [4.78, 5) is 15.1. The van der Waals surface area contributed by atoms with Crippen LogP contribution >= 0.6 is 0 Å². The second kappa shape index (κ2) is 48.1. The summed E-state index contributed by atoms with van der Waals surface area (Å²) >= 11 is 0. The van der Waals surface area contributed by atoms with Gasteiger partial charge in [-0.3, -0.25) is 19.6 Å². The maximum absolute atomic E-state index is 4.16. The summed E-state index contributed by atoms with van der Waals surface area (Å²) in [6, 6.07) is 9.49. The zero-order valence-corrected chi connectivity index (χ0v) is 79.0. The van der Waals surface area contributed by atoms with Gasteiger partial charge in [0.1, 0.15) is 0 Å². The van der Waals surface area contributed by atoms with Gasteiger partial charge in [-0.05, 0) is 390 Å². The maximum atomic E-state index is 4.16. The molecule has 12 atom stereocenters. The highest BCUT2D eigenvalue weighted by Gasteiger charge is 2.69. The Bertz CT molecular complexity index is 2410. The van der Waals surface area contributed by atoms with Gasteiger partial charge in [0.05, 0.1) is 0 Å².